The maximum Gasteiger partial charge on any atom is 0.227 e. The van der Waals surface area contributed by atoms with Gasteiger partial charge in [-0.2, -0.15) is 4.98 Å². The van der Waals surface area contributed by atoms with E-state index < -0.39 is 0 Å². The molecular formula is C17H22N4O3. The lowest BCUT2D eigenvalue weighted by molar-refractivity contribution is -0.122. The first-order valence-electron chi connectivity index (χ1n) is 8.24. The summed E-state index contributed by atoms with van der Waals surface area (Å²) in [6.45, 7) is 2.11. The van der Waals surface area contributed by atoms with Gasteiger partial charge in [-0.3, -0.25) is 9.78 Å². The molecule has 0 bridgehead atoms. The lowest BCUT2D eigenvalue weighted by atomic mass is 9.86. The van der Waals surface area contributed by atoms with E-state index in [4.69, 9.17) is 4.52 Å². The van der Waals surface area contributed by atoms with Crippen molar-refractivity contribution in [3.63, 3.8) is 0 Å². The van der Waals surface area contributed by atoms with E-state index in [1.165, 1.54) is 0 Å². The summed E-state index contributed by atoms with van der Waals surface area (Å²) < 4.78 is 5.20. The van der Waals surface area contributed by atoms with Crippen LogP contribution >= 0.6 is 0 Å². The summed E-state index contributed by atoms with van der Waals surface area (Å²) in [6.07, 6.45) is 6.89. The molecule has 1 amide bonds. The van der Waals surface area contributed by atoms with Gasteiger partial charge in [0.25, 0.3) is 0 Å². The number of rotatable bonds is 6. The minimum atomic E-state index is -0.214. The molecule has 2 aromatic rings. The number of aryl methyl sites for hydroxylation is 1. The Morgan fingerprint density at radius 2 is 2.25 bits per heavy atom. The molecule has 1 saturated carbocycles. The Hall–Kier alpha value is -2.28. The van der Waals surface area contributed by atoms with E-state index in [-0.39, 0.29) is 30.4 Å². The first kappa shape index (κ1) is 16.6. The first-order chi connectivity index (χ1) is 11.6. The number of aromatic nitrogens is 3. The number of carbonyl (C=O) groups is 1. The Morgan fingerprint density at radius 1 is 1.46 bits per heavy atom. The van der Waals surface area contributed by atoms with Gasteiger partial charge in [0.05, 0.1) is 6.61 Å². The standard InChI is InChI=1S/C17H22N4O3/c1-17(11-22)8-2-3-13(17)19-14(23)4-5-15-20-16(21-24-15)12-6-9-18-10-7-12/h6-7,9-10,13,22H,2-5,8,11H2,1H3,(H,19,23). The van der Waals surface area contributed by atoms with Gasteiger partial charge in [-0.25, -0.2) is 0 Å². The van der Waals surface area contributed by atoms with Crippen molar-refractivity contribution >= 4 is 5.91 Å². The van der Waals surface area contributed by atoms with Crippen molar-refractivity contribution in [2.45, 2.75) is 45.1 Å². The highest BCUT2D eigenvalue weighted by atomic mass is 16.5. The van der Waals surface area contributed by atoms with Gasteiger partial charge in [0.15, 0.2) is 0 Å². The number of nitrogens with zero attached hydrogens (tertiary/aromatic N) is 3. The molecule has 0 saturated heterocycles. The Labute approximate surface area is 140 Å². The summed E-state index contributed by atoms with van der Waals surface area (Å²) in [6, 6.07) is 3.64. The zero-order valence-corrected chi connectivity index (χ0v) is 13.7. The molecule has 3 rings (SSSR count). The van der Waals surface area contributed by atoms with Gasteiger partial charge in [0, 0.05) is 42.3 Å². The van der Waals surface area contributed by atoms with Crippen molar-refractivity contribution in [3.8, 4) is 11.4 Å². The Morgan fingerprint density at radius 3 is 3.00 bits per heavy atom. The van der Waals surface area contributed by atoms with Crippen LogP contribution in [-0.4, -0.2) is 38.8 Å². The van der Waals surface area contributed by atoms with Gasteiger partial charge in [0.2, 0.25) is 17.6 Å². The molecule has 1 aliphatic rings. The molecule has 7 heteroatoms. The smallest absolute Gasteiger partial charge is 0.227 e. The van der Waals surface area contributed by atoms with E-state index in [0.29, 0.717) is 18.1 Å². The predicted molar refractivity (Wildman–Crippen MR) is 86.8 cm³/mol. The summed E-state index contributed by atoms with van der Waals surface area (Å²) in [5.74, 6) is 0.884. The molecule has 0 spiro atoms. The molecule has 0 aliphatic heterocycles. The van der Waals surface area contributed by atoms with Gasteiger partial charge in [0.1, 0.15) is 0 Å². The van der Waals surface area contributed by atoms with Crippen LogP contribution in [0, 0.1) is 5.41 Å². The second-order valence-electron chi connectivity index (χ2n) is 6.57. The van der Waals surface area contributed by atoms with E-state index >= 15 is 0 Å². The predicted octanol–water partition coefficient (Wildman–Crippen LogP) is 1.73. The molecule has 2 atom stereocenters. The summed E-state index contributed by atoms with van der Waals surface area (Å²) >= 11 is 0. The van der Waals surface area contributed by atoms with E-state index in [1.807, 2.05) is 6.92 Å². The minimum absolute atomic E-state index is 0.0325. The second-order valence-corrected chi connectivity index (χ2v) is 6.57. The molecule has 2 aromatic heterocycles. The lowest BCUT2D eigenvalue weighted by Crippen LogP contribution is -2.44. The van der Waals surface area contributed by atoms with E-state index in [2.05, 4.69) is 20.4 Å². The molecule has 7 nitrogen and oxygen atoms in total. The SMILES string of the molecule is CC1(CO)CCCC1NC(=O)CCc1nc(-c2ccncc2)no1. The van der Waals surface area contributed by atoms with Crippen molar-refractivity contribution in [3.05, 3.63) is 30.4 Å². The van der Waals surface area contributed by atoms with E-state index in [0.717, 1.165) is 24.8 Å². The molecule has 1 aliphatic carbocycles. The monoisotopic (exact) mass is 330 g/mol. The number of pyridine rings is 1. The van der Waals surface area contributed by atoms with Crippen molar-refractivity contribution in [1.82, 2.24) is 20.4 Å². The van der Waals surface area contributed by atoms with Crippen LogP contribution in [0.5, 0.6) is 0 Å². The van der Waals surface area contributed by atoms with Crippen LogP contribution in [0.4, 0.5) is 0 Å². The molecule has 2 heterocycles. The summed E-state index contributed by atoms with van der Waals surface area (Å²) in [7, 11) is 0. The first-order valence-corrected chi connectivity index (χ1v) is 8.24. The number of hydrogen-bond donors (Lipinski definition) is 2. The van der Waals surface area contributed by atoms with Crippen LogP contribution < -0.4 is 5.32 Å². The fourth-order valence-electron chi connectivity index (χ4n) is 3.13. The van der Waals surface area contributed by atoms with Crippen molar-refractivity contribution in [1.29, 1.82) is 0 Å². The number of aliphatic hydroxyl groups excluding tert-OH is 1. The molecule has 2 unspecified atom stereocenters. The highest BCUT2D eigenvalue weighted by molar-refractivity contribution is 5.76. The van der Waals surface area contributed by atoms with Crippen LogP contribution in [0.25, 0.3) is 11.4 Å². The van der Waals surface area contributed by atoms with Crippen LogP contribution in [0.1, 0.15) is 38.5 Å². The third-order valence-corrected chi connectivity index (χ3v) is 4.75. The highest BCUT2D eigenvalue weighted by Crippen LogP contribution is 2.37. The van der Waals surface area contributed by atoms with Crippen LogP contribution in [-0.2, 0) is 11.2 Å². The number of amides is 1. The highest BCUT2D eigenvalue weighted by Gasteiger charge is 2.38. The summed E-state index contributed by atoms with van der Waals surface area (Å²) in [5, 5.41) is 16.5. The molecule has 0 aromatic carbocycles. The average Bonchev–Trinajstić information content (AvgIpc) is 3.22. The molecular weight excluding hydrogens is 308 g/mol. The van der Waals surface area contributed by atoms with Crippen LogP contribution in [0.3, 0.4) is 0 Å². The van der Waals surface area contributed by atoms with E-state index in [9.17, 15) is 9.90 Å². The Balaban J connectivity index is 1.53. The Bertz CT molecular complexity index is 688. The average molecular weight is 330 g/mol. The van der Waals surface area contributed by atoms with Gasteiger partial charge in [-0.1, -0.05) is 18.5 Å². The summed E-state index contributed by atoms with van der Waals surface area (Å²) in [5.41, 5.74) is 0.614. The maximum absolute atomic E-state index is 12.2. The quantitative estimate of drug-likeness (QED) is 0.836. The second kappa shape index (κ2) is 7.09. The van der Waals surface area contributed by atoms with Gasteiger partial charge >= 0.3 is 0 Å². The number of nitrogens with one attached hydrogen (secondary N) is 1. The van der Waals surface area contributed by atoms with Crippen LogP contribution in [0.2, 0.25) is 0 Å². The minimum Gasteiger partial charge on any atom is -0.396 e. The van der Waals surface area contributed by atoms with Gasteiger partial charge in [-0.15, -0.1) is 0 Å². The summed E-state index contributed by atoms with van der Waals surface area (Å²) in [4.78, 5) is 20.4. The normalized spacial score (nSPS) is 23.3. The van der Waals surface area contributed by atoms with Crippen LogP contribution in [0.15, 0.2) is 29.0 Å². The maximum atomic E-state index is 12.2. The molecule has 0 radical (unpaired) electrons. The van der Waals surface area contributed by atoms with Gasteiger partial charge < -0.3 is 14.9 Å². The van der Waals surface area contributed by atoms with Gasteiger partial charge in [-0.05, 0) is 25.0 Å². The fraction of sp³-hybridized carbons (Fsp3) is 0.529. The lowest BCUT2D eigenvalue weighted by Gasteiger charge is -2.30. The molecule has 128 valence electrons. The molecule has 1 fully saturated rings. The van der Waals surface area contributed by atoms with Crippen molar-refractivity contribution in [2.24, 2.45) is 5.41 Å². The third-order valence-electron chi connectivity index (χ3n) is 4.75. The number of hydrogen-bond acceptors (Lipinski definition) is 6. The largest absolute Gasteiger partial charge is 0.396 e. The van der Waals surface area contributed by atoms with Crippen molar-refractivity contribution in [2.75, 3.05) is 6.61 Å². The number of carbonyl (C=O) groups excluding carboxylic acids is 1. The van der Waals surface area contributed by atoms with E-state index in [1.54, 1.807) is 24.5 Å². The zero-order chi connectivity index (χ0) is 17.0. The zero-order valence-electron chi connectivity index (χ0n) is 13.7. The topological polar surface area (TPSA) is 101 Å². The number of aliphatic hydroxyl groups is 1. The Kier molecular flexibility index (Phi) is 4.89. The molecule has 2 N–H and O–H groups in total. The molecule has 24 heavy (non-hydrogen) atoms. The third kappa shape index (κ3) is 3.62. The van der Waals surface area contributed by atoms with Crippen molar-refractivity contribution < 1.29 is 14.4 Å². The fourth-order valence-corrected chi connectivity index (χ4v) is 3.13.